The molecule has 8 nitrogen and oxygen atoms in total. The molecule has 2 aliphatic heterocycles. The Morgan fingerprint density at radius 2 is 2.15 bits per heavy atom. The van der Waals surface area contributed by atoms with E-state index < -0.39 is 11.9 Å². The first-order valence-corrected chi connectivity index (χ1v) is 9.35. The minimum Gasteiger partial charge on any atom is -0.379 e. The van der Waals surface area contributed by atoms with Crippen LogP contribution in [0, 0.1) is 0 Å². The van der Waals surface area contributed by atoms with Gasteiger partial charge < -0.3 is 15.0 Å². The summed E-state index contributed by atoms with van der Waals surface area (Å²) in [7, 11) is 0. The molecule has 2 aliphatic rings. The van der Waals surface area contributed by atoms with E-state index in [0.29, 0.717) is 18.9 Å². The molecule has 27 heavy (non-hydrogen) atoms. The molecular weight excluding hydrogens is 346 g/mol. The van der Waals surface area contributed by atoms with Crippen LogP contribution in [0.1, 0.15) is 41.3 Å². The molecule has 2 amide bonds. The molecule has 8 heteroatoms. The Labute approximate surface area is 157 Å². The Bertz CT molecular complexity index is 807. The molecule has 2 fully saturated rings. The molecule has 1 aromatic carbocycles. The van der Waals surface area contributed by atoms with Crippen molar-refractivity contribution in [1.29, 1.82) is 0 Å². The first kappa shape index (κ1) is 17.7. The van der Waals surface area contributed by atoms with Gasteiger partial charge in [0, 0.05) is 25.6 Å². The molecule has 142 valence electrons. The highest BCUT2D eigenvalue weighted by molar-refractivity contribution is 5.95. The predicted octanol–water partition coefficient (Wildman–Crippen LogP) is 0.905. The summed E-state index contributed by atoms with van der Waals surface area (Å²) in [6.45, 7) is 1.52. The average molecular weight is 369 g/mol. The summed E-state index contributed by atoms with van der Waals surface area (Å²) < 4.78 is 5.58. The zero-order chi connectivity index (χ0) is 18.6. The molecule has 1 aromatic heterocycles. The lowest BCUT2D eigenvalue weighted by Crippen LogP contribution is -2.53. The summed E-state index contributed by atoms with van der Waals surface area (Å²) in [6, 6.07) is 9.34. The Balaban J connectivity index is 1.41. The summed E-state index contributed by atoms with van der Waals surface area (Å²) in [5, 5.41) is 9.53. The normalized spacial score (nSPS) is 22.8. The van der Waals surface area contributed by atoms with E-state index in [1.54, 1.807) is 0 Å². The molecule has 0 radical (unpaired) electrons. The zero-order valence-electron chi connectivity index (χ0n) is 15.1. The number of aromatic nitrogens is 3. The maximum Gasteiger partial charge on any atom is 0.291 e. The van der Waals surface area contributed by atoms with Crippen LogP contribution in [-0.2, 0) is 16.0 Å². The number of carbonyl (C=O) groups is 2. The van der Waals surface area contributed by atoms with Gasteiger partial charge in [-0.2, -0.15) is 0 Å². The number of carbonyl (C=O) groups excluding carboxylic acids is 2. The van der Waals surface area contributed by atoms with Crippen LogP contribution in [0.25, 0.3) is 0 Å². The summed E-state index contributed by atoms with van der Waals surface area (Å²) in [5.74, 6) is 0.0920. The third-order valence-electron chi connectivity index (χ3n) is 5.09. The first-order chi connectivity index (χ1) is 13.2. The van der Waals surface area contributed by atoms with Gasteiger partial charge in [0.1, 0.15) is 11.9 Å². The lowest BCUT2D eigenvalue weighted by Gasteiger charge is -2.31. The Morgan fingerprint density at radius 3 is 3.00 bits per heavy atom. The Hall–Kier alpha value is -2.74. The van der Waals surface area contributed by atoms with Crippen LogP contribution in [0.4, 0.5) is 0 Å². The predicted molar refractivity (Wildman–Crippen MR) is 97.1 cm³/mol. The van der Waals surface area contributed by atoms with E-state index in [0.717, 1.165) is 31.4 Å². The highest BCUT2D eigenvalue weighted by Gasteiger charge is 2.35. The van der Waals surface area contributed by atoms with E-state index in [2.05, 4.69) is 20.5 Å². The van der Waals surface area contributed by atoms with Crippen LogP contribution in [0.2, 0.25) is 0 Å². The largest absolute Gasteiger partial charge is 0.379 e. The number of hydrogen-bond donors (Lipinski definition) is 2. The van der Waals surface area contributed by atoms with Crippen LogP contribution in [-0.4, -0.2) is 63.7 Å². The molecule has 0 aliphatic carbocycles. The number of aromatic amines is 1. The number of nitrogens with zero attached hydrogens (tertiary/aromatic N) is 3. The number of rotatable bonds is 4. The maximum absolute atomic E-state index is 12.8. The van der Waals surface area contributed by atoms with Gasteiger partial charge in [-0.15, -0.1) is 5.10 Å². The molecular formula is C19H23N5O3. The average Bonchev–Trinajstić information content (AvgIpc) is 3.32. The van der Waals surface area contributed by atoms with Crippen molar-refractivity contribution >= 4 is 11.8 Å². The molecule has 0 bridgehead atoms. The SMILES string of the molecule is O=C(N[C@H]1COCC[C@H]2CCCN2C1=O)c1n[nH]c(Cc2ccccc2)n1. The highest BCUT2D eigenvalue weighted by Crippen LogP contribution is 2.22. The van der Waals surface area contributed by atoms with E-state index in [1.807, 2.05) is 35.2 Å². The van der Waals surface area contributed by atoms with Gasteiger partial charge >= 0.3 is 0 Å². The van der Waals surface area contributed by atoms with E-state index in [9.17, 15) is 9.59 Å². The second-order valence-electron chi connectivity index (χ2n) is 6.99. The monoisotopic (exact) mass is 369 g/mol. The van der Waals surface area contributed by atoms with Crippen molar-refractivity contribution in [1.82, 2.24) is 25.4 Å². The lowest BCUT2D eigenvalue weighted by molar-refractivity contribution is -0.137. The summed E-state index contributed by atoms with van der Waals surface area (Å²) in [5.41, 5.74) is 1.07. The summed E-state index contributed by atoms with van der Waals surface area (Å²) >= 11 is 0. The van der Waals surface area contributed by atoms with Gasteiger partial charge in [0.2, 0.25) is 11.7 Å². The van der Waals surface area contributed by atoms with E-state index in [4.69, 9.17) is 4.74 Å². The Morgan fingerprint density at radius 1 is 1.30 bits per heavy atom. The molecule has 2 N–H and O–H groups in total. The molecule has 4 rings (SSSR count). The third kappa shape index (κ3) is 4.00. The second kappa shape index (κ2) is 7.87. The van der Waals surface area contributed by atoms with Crippen molar-refractivity contribution in [2.75, 3.05) is 19.8 Å². The summed E-state index contributed by atoms with van der Waals surface area (Å²) in [6.07, 6.45) is 3.42. The fraction of sp³-hybridized carbons (Fsp3) is 0.474. The topological polar surface area (TPSA) is 100 Å². The Kier molecular flexibility index (Phi) is 5.15. The van der Waals surface area contributed by atoms with Crippen LogP contribution < -0.4 is 5.32 Å². The fourth-order valence-corrected chi connectivity index (χ4v) is 3.71. The van der Waals surface area contributed by atoms with Crippen LogP contribution >= 0.6 is 0 Å². The fourth-order valence-electron chi connectivity index (χ4n) is 3.71. The quantitative estimate of drug-likeness (QED) is 0.834. The van der Waals surface area contributed by atoms with Crippen LogP contribution in [0.15, 0.2) is 30.3 Å². The first-order valence-electron chi connectivity index (χ1n) is 9.35. The highest BCUT2D eigenvalue weighted by atomic mass is 16.5. The van der Waals surface area contributed by atoms with Gasteiger partial charge in [0.15, 0.2) is 0 Å². The zero-order valence-corrected chi connectivity index (χ0v) is 15.1. The number of benzene rings is 1. The number of nitrogens with one attached hydrogen (secondary N) is 2. The van der Waals surface area contributed by atoms with E-state index in [1.165, 1.54) is 0 Å². The van der Waals surface area contributed by atoms with E-state index >= 15 is 0 Å². The van der Waals surface area contributed by atoms with Gasteiger partial charge in [-0.05, 0) is 24.8 Å². The molecule has 0 spiro atoms. The van der Waals surface area contributed by atoms with Crippen LogP contribution in [0.5, 0.6) is 0 Å². The minimum atomic E-state index is -0.700. The molecule has 0 saturated carbocycles. The van der Waals surface area contributed by atoms with Crippen LogP contribution in [0.3, 0.4) is 0 Å². The molecule has 3 heterocycles. The van der Waals surface area contributed by atoms with Crippen molar-refractivity contribution in [3.8, 4) is 0 Å². The van der Waals surface area contributed by atoms with Gasteiger partial charge in [0.25, 0.3) is 5.91 Å². The standard InChI is InChI=1S/C19H23N5O3/c25-18(17-21-16(22-23-17)11-13-5-2-1-3-6-13)20-15-12-27-10-8-14-7-4-9-24(14)19(15)26/h1-3,5-6,14-15H,4,7-12H2,(H,20,25)(H,21,22,23)/t14-,15+/m1/s1. The minimum absolute atomic E-state index is 0.0359. The number of H-pyrrole nitrogens is 1. The summed E-state index contributed by atoms with van der Waals surface area (Å²) in [4.78, 5) is 31.4. The number of ether oxygens (including phenoxy) is 1. The molecule has 0 unspecified atom stereocenters. The lowest BCUT2D eigenvalue weighted by atomic mass is 10.1. The van der Waals surface area contributed by atoms with Gasteiger partial charge in [0.05, 0.1) is 6.61 Å². The van der Waals surface area contributed by atoms with Crippen molar-refractivity contribution in [2.24, 2.45) is 0 Å². The smallest absolute Gasteiger partial charge is 0.291 e. The number of fused-ring (bicyclic) bond motifs is 1. The second-order valence-corrected chi connectivity index (χ2v) is 6.99. The molecule has 2 aromatic rings. The third-order valence-corrected chi connectivity index (χ3v) is 5.09. The number of hydrogen-bond acceptors (Lipinski definition) is 5. The maximum atomic E-state index is 12.8. The van der Waals surface area contributed by atoms with Gasteiger partial charge in [-0.3, -0.25) is 14.7 Å². The van der Waals surface area contributed by atoms with Crippen molar-refractivity contribution < 1.29 is 14.3 Å². The van der Waals surface area contributed by atoms with Crippen molar-refractivity contribution in [3.05, 3.63) is 47.5 Å². The molecule has 2 atom stereocenters. The van der Waals surface area contributed by atoms with E-state index in [-0.39, 0.29) is 24.4 Å². The van der Waals surface area contributed by atoms with Crippen molar-refractivity contribution in [2.45, 2.75) is 37.8 Å². The van der Waals surface area contributed by atoms with Crippen molar-refractivity contribution in [3.63, 3.8) is 0 Å². The van der Waals surface area contributed by atoms with Gasteiger partial charge in [-0.25, -0.2) is 4.98 Å². The number of amides is 2. The molecule has 2 saturated heterocycles. The van der Waals surface area contributed by atoms with Gasteiger partial charge in [-0.1, -0.05) is 30.3 Å².